The van der Waals surface area contributed by atoms with Crippen molar-refractivity contribution in [3.05, 3.63) is 21.4 Å². The number of rotatable bonds is 6. The van der Waals surface area contributed by atoms with Crippen molar-refractivity contribution in [1.29, 1.82) is 10.5 Å². The van der Waals surface area contributed by atoms with Crippen LogP contribution in [-0.4, -0.2) is 0 Å². The Bertz CT molecular complexity index is 826. The van der Waals surface area contributed by atoms with Gasteiger partial charge in [0.15, 0.2) is 5.92 Å². The van der Waals surface area contributed by atoms with E-state index in [1.54, 1.807) is 0 Å². The molecule has 0 saturated heterocycles. The molecule has 0 spiro atoms. The Morgan fingerprint density at radius 2 is 1.87 bits per heavy atom. The van der Waals surface area contributed by atoms with Crippen molar-refractivity contribution in [2.45, 2.75) is 97.3 Å². The first kappa shape index (κ1) is 21.9. The first-order chi connectivity index (χ1) is 14.4. The lowest BCUT2D eigenvalue weighted by atomic mass is 9.54. The molecule has 2 nitrogen and oxygen atoms in total. The van der Waals surface area contributed by atoms with Crippen LogP contribution in [0.3, 0.4) is 0 Å². The predicted molar refractivity (Wildman–Crippen MR) is 124 cm³/mol. The quantitative estimate of drug-likeness (QED) is 0.469. The smallest absolute Gasteiger partial charge is 0.159 e. The standard InChI is InChI=1S/C27H38N2S/c1-17(2)6-5-7-18(3)24-10-11-25-20-8-9-21-23(19(14-28)15-29)16-30-26(21)22(20)12-13-27(24,25)4/h16-20,22,24-25H,5-13H2,1-4H3/t18-,20+,22-,24+,25+,27-/m1/s1. The minimum absolute atomic E-state index is 0.526. The molecule has 0 aromatic carbocycles. The minimum atomic E-state index is -0.585. The van der Waals surface area contributed by atoms with Gasteiger partial charge in [-0.3, -0.25) is 0 Å². The summed E-state index contributed by atoms with van der Waals surface area (Å²) < 4.78 is 0. The van der Waals surface area contributed by atoms with Crippen molar-refractivity contribution in [1.82, 2.24) is 0 Å². The topological polar surface area (TPSA) is 47.6 Å². The van der Waals surface area contributed by atoms with Crippen LogP contribution in [-0.2, 0) is 6.42 Å². The van der Waals surface area contributed by atoms with Crippen molar-refractivity contribution < 1.29 is 0 Å². The van der Waals surface area contributed by atoms with Crippen LogP contribution in [0.2, 0.25) is 0 Å². The van der Waals surface area contributed by atoms with Crippen LogP contribution in [0.1, 0.15) is 107 Å². The molecule has 30 heavy (non-hydrogen) atoms. The third-order valence-corrected chi connectivity index (χ3v) is 10.4. The number of nitriles is 2. The van der Waals surface area contributed by atoms with Crippen LogP contribution in [0.25, 0.3) is 0 Å². The van der Waals surface area contributed by atoms with Gasteiger partial charge in [-0.05, 0) is 96.0 Å². The Morgan fingerprint density at radius 1 is 1.10 bits per heavy atom. The van der Waals surface area contributed by atoms with Crippen molar-refractivity contribution in [2.75, 3.05) is 0 Å². The molecule has 0 radical (unpaired) electrons. The molecule has 6 atom stereocenters. The van der Waals surface area contributed by atoms with Gasteiger partial charge in [-0.25, -0.2) is 0 Å². The highest BCUT2D eigenvalue weighted by molar-refractivity contribution is 7.10. The summed E-state index contributed by atoms with van der Waals surface area (Å²) in [6.45, 7) is 9.88. The summed E-state index contributed by atoms with van der Waals surface area (Å²) in [4.78, 5) is 1.53. The largest absolute Gasteiger partial charge is 0.196 e. The molecule has 2 fully saturated rings. The van der Waals surface area contributed by atoms with E-state index < -0.39 is 5.92 Å². The highest BCUT2D eigenvalue weighted by atomic mass is 32.1. The molecule has 3 aliphatic carbocycles. The molecule has 0 aliphatic heterocycles. The van der Waals surface area contributed by atoms with Gasteiger partial charge in [-0.1, -0.05) is 47.0 Å². The van der Waals surface area contributed by atoms with E-state index in [2.05, 4.69) is 45.2 Å². The van der Waals surface area contributed by atoms with Crippen LogP contribution in [0, 0.1) is 57.7 Å². The fraction of sp³-hybridized carbons (Fsp3) is 0.778. The van der Waals surface area contributed by atoms with Gasteiger partial charge in [0.05, 0.1) is 12.1 Å². The van der Waals surface area contributed by atoms with Crippen LogP contribution in [0.15, 0.2) is 5.38 Å². The van der Waals surface area contributed by atoms with E-state index in [0.717, 1.165) is 41.6 Å². The van der Waals surface area contributed by atoms with Crippen LogP contribution in [0.4, 0.5) is 0 Å². The maximum Gasteiger partial charge on any atom is 0.159 e. The lowest BCUT2D eigenvalue weighted by molar-refractivity contribution is 0.0105. The first-order valence-electron chi connectivity index (χ1n) is 12.3. The van der Waals surface area contributed by atoms with E-state index in [9.17, 15) is 10.5 Å². The van der Waals surface area contributed by atoms with E-state index >= 15 is 0 Å². The van der Waals surface area contributed by atoms with Crippen LogP contribution in [0.5, 0.6) is 0 Å². The number of fused-ring (bicyclic) bond motifs is 5. The Hall–Kier alpha value is -1.32. The van der Waals surface area contributed by atoms with Gasteiger partial charge < -0.3 is 0 Å². The van der Waals surface area contributed by atoms with Gasteiger partial charge in [0.2, 0.25) is 0 Å². The van der Waals surface area contributed by atoms with Crippen molar-refractivity contribution in [3.63, 3.8) is 0 Å². The molecule has 4 rings (SSSR count). The fourth-order valence-electron chi connectivity index (χ4n) is 7.75. The van der Waals surface area contributed by atoms with E-state index in [1.807, 2.05) is 11.3 Å². The summed E-state index contributed by atoms with van der Waals surface area (Å²) in [5, 5.41) is 20.9. The zero-order valence-electron chi connectivity index (χ0n) is 19.3. The summed E-state index contributed by atoms with van der Waals surface area (Å²) in [6, 6.07) is 4.41. The zero-order valence-corrected chi connectivity index (χ0v) is 20.1. The summed E-state index contributed by atoms with van der Waals surface area (Å²) in [5.74, 6) is 4.37. The van der Waals surface area contributed by atoms with Crippen LogP contribution < -0.4 is 0 Å². The molecule has 0 amide bonds. The summed E-state index contributed by atoms with van der Waals surface area (Å²) in [5.41, 5.74) is 2.92. The third-order valence-electron chi connectivity index (χ3n) is 9.23. The molecule has 0 unspecified atom stereocenters. The Balaban J connectivity index is 1.51. The van der Waals surface area contributed by atoms with Gasteiger partial charge in [-0.2, -0.15) is 10.5 Å². The molecule has 1 heterocycles. The molecule has 0 bridgehead atoms. The maximum absolute atomic E-state index is 9.39. The monoisotopic (exact) mass is 422 g/mol. The number of thiophene rings is 1. The average Bonchev–Trinajstić information content (AvgIpc) is 3.30. The maximum atomic E-state index is 9.39. The molecule has 1 aromatic rings. The predicted octanol–water partition coefficient (Wildman–Crippen LogP) is 7.81. The van der Waals surface area contributed by atoms with Crippen molar-refractivity contribution in [2.24, 2.45) is 35.0 Å². The van der Waals surface area contributed by atoms with E-state index in [-0.39, 0.29) is 0 Å². The van der Waals surface area contributed by atoms with Gasteiger partial charge >= 0.3 is 0 Å². The van der Waals surface area contributed by atoms with Crippen molar-refractivity contribution >= 4 is 11.3 Å². The lowest BCUT2D eigenvalue weighted by Gasteiger charge is -2.51. The molecule has 0 N–H and O–H groups in total. The van der Waals surface area contributed by atoms with E-state index in [1.165, 1.54) is 61.8 Å². The van der Waals surface area contributed by atoms with Gasteiger partial charge in [-0.15, -0.1) is 11.3 Å². The SMILES string of the molecule is CC(C)CCC[C@@H](C)[C@@H]1CC[C@H]2[C@H]3CCc4c(C(C#N)C#N)csc4[C@@H]3CC[C@@]21C. The Morgan fingerprint density at radius 3 is 2.57 bits per heavy atom. The van der Waals surface area contributed by atoms with E-state index in [0.29, 0.717) is 11.3 Å². The second-order valence-corrected chi connectivity index (χ2v) is 12.1. The molecule has 3 aliphatic rings. The highest BCUT2D eigenvalue weighted by Gasteiger charge is 2.55. The summed E-state index contributed by atoms with van der Waals surface area (Å²) in [6.07, 6.45) is 12.0. The molecule has 162 valence electrons. The number of hydrogen-bond acceptors (Lipinski definition) is 3. The zero-order chi connectivity index (χ0) is 21.5. The lowest BCUT2D eigenvalue weighted by Crippen LogP contribution is -2.43. The van der Waals surface area contributed by atoms with Gasteiger partial charge in [0, 0.05) is 4.88 Å². The molecule has 3 heteroatoms. The highest BCUT2D eigenvalue weighted by Crippen LogP contribution is 2.65. The van der Waals surface area contributed by atoms with Gasteiger partial charge in [0.1, 0.15) is 0 Å². The average molecular weight is 423 g/mol. The summed E-state index contributed by atoms with van der Waals surface area (Å²) in [7, 11) is 0. The van der Waals surface area contributed by atoms with Crippen molar-refractivity contribution in [3.8, 4) is 12.1 Å². The molecular weight excluding hydrogens is 384 g/mol. The Kier molecular flexibility index (Phi) is 6.33. The normalized spacial score (nSPS) is 33.5. The third kappa shape index (κ3) is 3.62. The summed E-state index contributed by atoms with van der Waals surface area (Å²) >= 11 is 1.85. The molecular formula is C27H38N2S. The van der Waals surface area contributed by atoms with Crippen LogP contribution >= 0.6 is 11.3 Å². The van der Waals surface area contributed by atoms with Gasteiger partial charge in [0.25, 0.3) is 0 Å². The van der Waals surface area contributed by atoms with E-state index in [4.69, 9.17) is 0 Å². The number of nitrogens with zero attached hydrogens (tertiary/aromatic N) is 2. The second kappa shape index (κ2) is 8.67. The Labute approximate surface area is 187 Å². The first-order valence-corrected chi connectivity index (χ1v) is 13.2. The molecule has 1 aromatic heterocycles. The minimum Gasteiger partial charge on any atom is -0.196 e. The fourth-order valence-corrected chi connectivity index (χ4v) is 9.11. The molecule has 2 saturated carbocycles. The second-order valence-electron chi connectivity index (χ2n) is 11.2. The number of hydrogen-bond donors (Lipinski definition) is 0.